The topological polar surface area (TPSA) is 58.3 Å². The van der Waals surface area contributed by atoms with Crippen LogP contribution in [0.3, 0.4) is 0 Å². The molecule has 1 fully saturated rings. The van der Waals surface area contributed by atoms with Crippen molar-refractivity contribution in [3.05, 3.63) is 64.3 Å². The first-order valence-corrected chi connectivity index (χ1v) is 9.65. The molecule has 0 N–H and O–H groups in total. The molecule has 148 valence electrons. The zero-order valence-electron chi connectivity index (χ0n) is 16.5. The summed E-state index contributed by atoms with van der Waals surface area (Å²) in [4.78, 5) is 15.2. The van der Waals surface area contributed by atoms with Gasteiger partial charge in [-0.15, -0.1) is 0 Å². The highest BCUT2D eigenvalue weighted by molar-refractivity contribution is 5.99. The molecule has 1 aliphatic carbocycles. The van der Waals surface area contributed by atoms with Crippen LogP contribution in [0.4, 0.5) is 4.39 Å². The summed E-state index contributed by atoms with van der Waals surface area (Å²) in [6, 6.07) is 13.7. The average Bonchev–Trinajstić information content (AvgIpc) is 3.52. The first-order valence-electron chi connectivity index (χ1n) is 9.65. The van der Waals surface area contributed by atoms with Crippen molar-refractivity contribution in [2.75, 3.05) is 27.2 Å². The molecule has 4 rings (SSSR count). The molecule has 0 saturated heterocycles. The van der Waals surface area contributed by atoms with Crippen LogP contribution in [0.25, 0.3) is 21.9 Å². The van der Waals surface area contributed by atoms with Crippen LogP contribution < -0.4 is 10.3 Å². The van der Waals surface area contributed by atoms with Crippen molar-refractivity contribution >= 4 is 10.8 Å². The second-order valence-corrected chi connectivity index (χ2v) is 7.61. The van der Waals surface area contributed by atoms with Crippen LogP contribution in [-0.2, 0) is 0 Å². The van der Waals surface area contributed by atoms with Gasteiger partial charge in [0.2, 0.25) is 0 Å². The Hall–Kier alpha value is -3.17. The molecule has 0 aliphatic heterocycles. The maximum Gasteiger partial charge on any atom is 0.259 e. The molecule has 6 heteroatoms. The molecule has 5 nitrogen and oxygen atoms in total. The van der Waals surface area contributed by atoms with E-state index >= 15 is 0 Å². The van der Waals surface area contributed by atoms with Gasteiger partial charge in [-0.2, -0.15) is 5.26 Å². The number of ether oxygens (including phenoxy) is 1. The summed E-state index contributed by atoms with van der Waals surface area (Å²) in [6.07, 6.45) is 1.74. The van der Waals surface area contributed by atoms with Crippen molar-refractivity contribution in [2.45, 2.75) is 18.9 Å². The number of hydrogen-bond acceptors (Lipinski definition) is 4. The van der Waals surface area contributed by atoms with Crippen molar-refractivity contribution in [1.82, 2.24) is 9.47 Å². The van der Waals surface area contributed by atoms with Crippen molar-refractivity contribution in [1.29, 1.82) is 5.26 Å². The smallest absolute Gasteiger partial charge is 0.259 e. The predicted molar refractivity (Wildman–Crippen MR) is 111 cm³/mol. The zero-order valence-corrected chi connectivity index (χ0v) is 16.5. The lowest BCUT2D eigenvalue weighted by Crippen LogP contribution is -2.23. The highest BCUT2D eigenvalue weighted by Crippen LogP contribution is 2.39. The molecule has 3 aromatic rings. The number of fused-ring (bicyclic) bond motifs is 1. The van der Waals surface area contributed by atoms with Gasteiger partial charge >= 0.3 is 0 Å². The van der Waals surface area contributed by atoms with Gasteiger partial charge in [-0.05, 0) is 62.8 Å². The summed E-state index contributed by atoms with van der Waals surface area (Å²) < 4.78 is 21.4. The number of aromatic nitrogens is 1. The maximum atomic E-state index is 14.0. The van der Waals surface area contributed by atoms with Gasteiger partial charge < -0.3 is 9.64 Å². The predicted octanol–water partition coefficient (Wildman–Crippen LogP) is 3.95. The van der Waals surface area contributed by atoms with E-state index in [1.165, 1.54) is 12.1 Å². The molecule has 0 radical (unpaired) electrons. The van der Waals surface area contributed by atoms with Gasteiger partial charge in [-0.25, -0.2) is 4.39 Å². The van der Waals surface area contributed by atoms with Crippen LogP contribution in [0.2, 0.25) is 0 Å². The third-order valence-electron chi connectivity index (χ3n) is 5.13. The van der Waals surface area contributed by atoms with Crippen LogP contribution in [0.1, 0.15) is 24.6 Å². The minimum atomic E-state index is -0.387. The van der Waals surface area contributed by atoms with Crippen molar-refractivity contribution in [2.24, 2.45) is 0 Å². The number of benzene rings is 2. The maximum absolute atomic E-state index is 14.0. The molecular formula is C23H22FN3O2. The van der Waals surface area contributed by atoms with E-state index in [9.17, 15) is 14.4 Å². The van der Waals surface area contributed by atoms with E-state index in [2.05, 4.69) is 6.07 Å². The van der Waals surface area contributed by atoms with Crippen molar-refractivity contribution in [3.63, 3.8) is 0 Å². The minimum absolute atomic E-state index is 0.0323. The molecule has 2 aromatic carbocycles. The minimum Gasteiger partial charge on any atom is -0.492 e. The first kappa shape index (κ1) is 19.2. The Kier molecular flexibility index (Phi) is 5.08. The quantitative estimate of drug-likeness (QED) is 0.638. The van der Waals surface area contributed by atoms with Gasteiger partial charge in [0.25, 0.3) is 5.56 Å². The molecule has 1 aromatic heterocycles. The average molecular weight is 391 g/mol. The molecule has 1 aliphatic rings. The SMILES string of the molecule is CN(C)CCOc1ccc2c(=O)n(C3CC3)c(C#N)c(-c3cccc(F)c3)c2c1. The van der Waals surface area contributed by atoms with E-state index in [4.69, 9.17) is 4.74 Å². The standard InChI is InChI=1S/C23H22FN3O2/c1-26(2)10-11-29-18-8-9-19-20(13-18)22(15-4-3-5-16(24)12-15)21(14-25)27(23(19)28)17-6-7-17/h3-5,8-9,12-13,17H,6-7,10-11H2,1-2H3. The fourth-order valence-corrected chi connectivity index (χ4v) is 3.56. The van der Waals surface area contributed by atoms with E-state index in [0.717, 1.165) is 19.4 Å². The third kappa shape index (κ3) is 3.74. The Morgan fingerprint density at radius 2 is 2.00 bits per heavy atom. The molecule has 29 heavy (non-hydrogen) atoms. The molecule has 0 unspecified atom stereocenters. The molecule has 0 spiro atoms. The number of halogens is 1. The van der Waals surface area contributed by atoms with Gasteiger partial charge in [0, 0.05) is 28.9 Å². The van der Waals surface area contributed by atoms with Crippen molar-refractivity contribution < 1.29 is 9.13 Å². The monoisotopic (exact) mass is 391 g/mol. The number of pyridine rings is 1. The van der Waals surface area contributed by atoms with Crippen LogP contribution in [0.5, 0.6) is 5.75 Å². The lowest BCUT2D eigenvalue weighted by molar-refractivity contribution is 0.261. The molecule has 0 amide bonds. The second kappa shape index (κ2) is 7.69. The van der Waals surface area contributed by atoms with Gasteiger partial charge in [0.15, 0.2) is 0 Å². The van der Waals surface area contributed by atoms with E-state index < -0.39 is 0 Å². The normalized spacial score (nSPS) is 13.6. The third-order valence-corrected chi connectivity index (χ3v) is 5.13. The van der Waals surface area contributed by atoms with E-state index in [1.807, 2.05) is 19.0 Å². The van der Waals surface area contributed by atoms with Crippen LogP contribution in [0, 0.1) is 17.1 Å². The lowest BCUT2D eigenvalue weighted by atomic mass is 9.96. The van der Waals surface area contributed by atoms with Gasteiger partial charge in [0.1, 0.15) is 29.9 Å². The first-order chi connectivity index (χ1) is 14.0. The molecule has 0 atom stereocenters. The summed E-state index contributed by atoms with van der Waals surface area (Å²) in [5.41, 5.74) is 1.25. The summed E-state index contributed by atoms with van der Waals surface area (Å²) in [5.74, 6) is 0.228. The molecular weight excluding hydrogens is 369 g/mol. The summed E-state index contributed by atoms with van der Waals surface area (Å²) in [6.45, 7) is 1.25. The number of likely N-dealkylation sites (N-methyl/N-ethyl adjacent to an activating group) is 1. The Labute approximate surface area is 168 Å². The lowest BCUT2D eigenvalue weighted by Gasteiger charge is -2.17. The van der Waals surface area contributed by atoms with Gasteiger partial charge in [-0.3, -0.25) is 9.36 Å². The highest BCUT2D eigenvalue weighted by atomic mass is 19.1. The van der Waals surface area contributed by atoms with Crippen LogP contribution >= 0.6 is 0 Å². The Balaban J connectivity index is 1.96. The highest BCUT2D eigenvalue weighted by Gasteiger charge is 2.30. The number of rotatable bonds is 6. The Morgan fingerprint density at radius 1 is 1.21 bits per heavy atom. The fraction of sp³-hybridized carbons (Fsp3) is 0.304. The Morgan fingerprint density at radius 3 is 2.66 bits per heavy atom. The summed E-state index contributed by atoms with van der Waals surface area (Å²) >= 11 is 0. The number of hydrogen-bond donors (Lipinski definition) is 0. The van der Waals surface area contributed by atoms with Gasteiger partial charge in [-0.1, -0.05) is 12.1 Å². The summed E-state index contributed by atoms with van der Waals surface area (Å²) in [5, 5.41) is 11.0. The number of nitrogens with zero attached hydrogens (tertiary/aromatic N) is 3. The molecule has 0 bridgehead atoms. The van der Waals surface area contributed by atoms with Crippen LogP contribution in [0.15, 0.2) is 47.3 Å². The summed E-state index contributed by atoms with van der Waals surface area (Å²) in [7, 11) is 3.93. The second-order valence-electron chi connectivity index (χ2n) is 7.61. The van der Waals surface area contributed by atoms with Crippen molar-refractivity contribution in [3.8, 4) is 22.9 Å². The Bertz CT molecular complexity index is 1170. The van der Waals surface area contributed by atoms with Gasteiger partial charge in [0.05, 0.1) is 0 Å². The van der Waals surface area contributed by atoms with E-state index in [1.54, 1.807) is 34.9 Å². The zero-order chi connectivity index (χ0) is 20.5. The van der Waals surface area contributed by atoms with E-state index in [-0.39, 0.29) is 23.1 Å². The fourth-order valence-electron chi connectivity index (χ4n) is 3.56. The van der Waals surface area contributed by atoms with Crippen LogP contribution in [-0.4, -0.2) is 36.7 Å². The molecule has 1 saturated carbocycles. The largest absolute Gasteiger partial charge is 0.492 e. The molecule has 1 heterocycles. The number of nitriles is 1. The van der Waals surface area contributed by atoms with E-state index in [0.29, 0.717) is 34.3 Å².